The SMILES string of the molecule is CC(O)CCN(C)C(=O)Cc1csc(-c2cnccn2)n1. The number of rotatable bonds is 6. The number of aliphatic hydroxyl groups excluding tert-OH is 1. The second-order valence-electron chi connectivity index (χ2n) is 4.86. The Morgan fingerprint density at radius 3 is 2.95 bits per heavy atom. The summed E-state index contributed by atoms with van der Waals surface area (Å²) in [7, 11) is 1.74. The van der Waals surface area contributed by atoms with Gasteiger partial charge in [0, 0.05) is 31.4 Å². The average Bonchev–Trinajstić information content (AvgIpc) is 2.94. The van der Waals surface area contributed by atoms with Gasteiger partial charge in [0.1, 0.15) is 10.7 Å². The van der Waals surface area contributed by atoms with Crippen LogP contribution in [0, 0.1) is 0 Å². The topological polar surface area (TPSA) is 79.2 Å². The van der Waals surface area contributed by atoms with E-state index in [4.69, 9.17) is 0 Å². The number of amides is 1. The van der Waals surface area contributed by atoms with E-state index in [9.17, 15) is 9.90 Å². The third-order valence-corrected chi connectivity index (χ3v) is 3.89. The summed E-state index contributed by atoms with van der Waals surface area (Å²) in [6, 6.07) is 0. The third kappa shape index (κ3) is 4.57. The molecule has 112 valence electrons. The number of hydrogen-bond donors (Lipinski definition) is 1. The van der Waals surface area contributed by atoms with Crippen molar-refractivity contribution in [3.05, 3.63) is 29.7 Å². The molecule has 6 nitrogen and oxygen atoms in total. The van der Waals surface area contributed by atoms with Crippen LogP contribution in [-0.2, 0) is 11.2 Å². The quantitative estimate of drug-likeness (QED) is 0.872. The minimum absolute atomic E-state index is 0.00774. The minimum atomic E-state index is -0.400. The van der Waals surface area contributed by atoms with Crippen LogP contribution in [0.5, 0.6) is 0 Å². The molecule has 21 heavy (non-hydrogen) atoms. The summed E-state index contributed by atoms with van der Waals surface area (Å²) in [6.45, 7) is 2.25. The maximum absolute atomic E-state index is 12.1. The Labute approximate surface area is 127 Å². The normalized spacial score (nSPS) is 12.1. The minimum Gasteiger partial charge on any atom is -0.393 e. The van der Waals surface area contributed by atoms with Crippen LogP contribution in [0.2, 0.25) is 0 Å². The van der Waals surface area contributed by atoms with Gasteiger partial charge in [0.05, 0.1) is 24.4 Å². The van der Waals surface area contributed by atoms with Crippen molar-refractivity contribution in [3.63, 3.8) is 0 Å². The fraction of sp³-hybridized carbons (Fsp3) is 0.429. The molecule has 0 radical (unpaired) electrons. The molecule has 0 fully saturated rings. The van der Waals surface area contributed by atoms with Gasteiger partial charge in [0.25, 0.3) is 0 Å². The van der Waals surface area contributed by atoms with E-state index in [1.54, 1.807) is 37.5 Å². The number of hydrogen-bond acceptors (Lipinski definition) is 6. The lowest BCUT2D eigenvalue weighted by molar-refractivity contribution is -0.129. The average molecular weight is 306 g/mol. The Bertz CT molecular complexity index is 586. The first-order valence-corrected chi connectivity index (χ1v) is 7.57. The Balaban J connectivity index is 1.95. The van der Waals surface area contributed by atoms with Crippen LogP contribution < -0.4 is 0 Å². The fourth-order valence-electron chi connectivity index (χ4n) is 1.71. The van der Waals surface area contributed by atoms with Gasteiger partial charge in [-0.2, -0.15) is 0 Å². The monoisotopic (exact) mass is 306 g/mol. The van der Waals surface area contributed by atoms with Crippen LogP contribution in [-0.4, -0.2) is 50.6 Å². The summed E-state index contributed by atoms with van der Waals surface area (Å²) >= 11 is 1.45. The van der Waals surface area contributed by atoms with Gasteiger partial charge in [-0.1, -0.05) is 0 Å². The Morgan fingerprint density at radius 2 is 2.29 bits per heavy atom. The molecule has 0 bridgehead atoms. The molecular weight excluding hydrogens is 288 g/mol. The first-order chi connectivity index (χ1) is 10.1. The van der Waals surface area contributed by atoms with Crippen LogP contribution in [0.3, 0.4) is 0 Å². The van der Waals surface area contributed by atoms with E-state index in [2.05, 4.69) is 15.0 Å². The number of carbonyl (C=O) groups excluding carboxylic acids is 1. The first kappa shape index (κ1) is 15.5. The van der Waals surface area contributed by atoms with Gasteiger partial charge >= 0.3 is 0 Å². The van der Waals surface area contributed by atoms with Crippen LogP contribution in [0.15, 0.2) is 24.0 Å². The summed E-state index contributed by atoms with van der Waals surface area (Å²) in [5.74, 6) is -0.00774. The van der Waals surface area contributed by atoms with Crippen molar-refractivity contribution in [3.8, 4) is 10.7 Å². The molecule has 0 aromatic carbocycles. The second-order valence-corrected chi connectivity index (χ2v) is 5.72. The predicted octanol–water partition coefficient (Wildman–Crippen LogP) is 1.37. The summed E-state index contributed by atoms with van der Waals surface area (Å²) in [4.78, 5) is 26.3. The van der Waals surface area contributed by atoms with Gasteiger partial charge in [0.2, 0.25) is 5.91 Å². The van der Waals surface area contributed by atoms with E-state index in [0.717, 1.165) is 10.7 Å². The molecule has 2 rings (SSSR count). The molecule has 2 aromatic heterocycles. The Hall–Kier alpha value is -1.86. The van der Waals surface area contributed by atoms with E-state index >= 15 is 0 Å². The van der Waals surface area contributed by atoms with Crippen LogP contribution in [0.4, 0.5) is 0 Å². The molecule has 2 aromatic rings. The summed E-state index contributed by atoms with van der Waals surface area (Å²) < 4.78 is 0. The van der Waals surface area contributed by atoms with E-state index < -0.39 is 6.10 Å². The van der Waals surface area contributed by atoms with Crippen LogP contribution in [0.1, 0.15) is 19.0 Å². The molecule has 7 heteroatoms. The van der Waals surface area contributed by atoms with Gasteiger partial charge in [0.15, 0.2) is 0 Å². The van der Waals surface area contributed by atoms with E-state index in [1.165, 1.54) is 11.3 Å². The van der Waals surface area contributed by atoms with E-state index in [0.29, 0.717) is 18.7 Å². The van der Waals surface area contributed by atoms with Crippen molar-refractivity contribution in [2.75, 3.05) is 13.6 Å². The number of aromatic nitrogens is 3. The summed E-state index contributed by atoms with van der Waals surface area (Å²) in [6.07, 6.45) is 5.31. The van der Waals surface area contributed by atoms with Crippen molar-refractivity contribution in [1.29, 1.82) is 0 Å². The highest BCUT2D eigenvalue weighted by Gasteiger charge is 2.13. The van der Waals surface area contributed by atoms with Gasteiger partial charge in [-0.05, 0) is 13.3 Å². The lowest BCUT2D eigenvalue weighted by atomic mass is 10.2. The zero-order chi connectivity index (χ0) is 15.2. The van der Waals surface area contributed by atoms with Gasteiger partial charge < -0.3 is 10.0 Å². The second kappa shape index (κ2) is 7.24. The van der Waals surface area contributed by atoms with E-state index in [-0.39, 0.29) is 12.3 Å². The van der Waals surface area contributed by atoms with Crippen molar-refractivity contribution in [2.24, 2.45) is 0 Å². The van der Waals surface area contributed by atoms with Gasteiger partial charge in [-0.3, -0.25) is 14.8 Å². The predicted molar refractivity (Wildman–Crippen MR) is 80.8 cm³/mol. The molecule has 0 saturated heterocycles. The number of nitrogens with zero attached hydrogens (tertiary/aromatic N) is 4. The molecule has 1 unspecified atom stereocenters. The van der Waals surface area contributed by atoms with Crippen LogP contribution >= 0.6 is 11.3 Å². The van der Waals surface area contributed by atoms with E-state index in [1.807, 2.05) is 5.38 Å². The molecule has 0 aliphatic carbocycles. The molecule has 1 N–H and O–H groups in total. The molecular formula is C14H18N4O2S. The Kier molecular flexibility index (Phi) is 5.35. The highest BCUT2D eigenvalue weighted by atomic mass is 32.1. The maximum atomic E-state index is 12.1. The largest absolute Gasteiger partial charge is 0.393 e. The van der Waals surface area contributed by atoms with Crippen LogP contribution in [0.25, 0.3) is 10.7 Å². The molecule has 1 amide bonds. The Morgan fingerprint density at radius 1 is 1.48 bits per heavy atom. The smallest absolute Gasteiger partial charge is 0.228 e. The fourth-order valence-corrected chi connectivity index (χ4v) is 2.49. The lowest BCUT2D eigenvalue weighted by Crippen LogP contribution is -2.30. The maximum Gasteiger partial charge on any atom is 0.228 e. The van der Waals surface area contributed by atoms with Crippen molar-refractivity contribution in [2.45, 2.75) is 25.9 Å². The highest BCUT2D eigenvalue weighted by Crippen LogP contribution is 2.21. The molecule has 0 spiro atoms. The van der Waals surface area contributed by atoms with Crippen molar-refractivity contribution < 1.29 is 9.90 Å². The molecule has 0 saturated carbocycles. The number of carbonyl (C=O) groups is 1. The number of aliphatic hydroxyl groups is 1. The first-order valence-electron chi connectivity index (χ1n) is 6.69. The van der Waals surface area contributed by atoms with Gasteiger partial charge in [-0.25, -0.2) is 4.98 Å². The number of thiazole rings is 1. The molecule has 1 atom stereocenters. The lowest BCUT2D eigenvalue weighted by Gasteiger charge is -2.17. The number of likely N-dealkylation sites (N-methyl/N-ethyl adjacent to an activating group) is 1. The van der Waals surface area contributed by atoms with Crippen molar-refractivity contribution in [1.82, 2.24) is 19.9 Å². The van der Waals surface area contributed by atoms with Gasteiger partial charge in [-0.15, -0.1) is 11.3 Å². The zero-order valence-corrected chi connectivity index (χ0v) is 12.9. The highest BCUT2D eigenvalue weighted by molar-refractivity contribution is 7.13. The molecule has 0 aliphatic rings. The van der Waals surface area contributed by atoms with Crippen molar-refractivity contribution >= 4 is 17.2 Å². The molecule has 2 heterocycles. The third-order valence-electron chi connectivity index (χ3n) is 2.97. The summed E-state index contributed by atoms with van der Waals surface area (Å²) in [5.41, 5.74) is 1.44. The summed E-state index contributed by atoms with van der Waals surface area (Å²) in [5, 5.41) is 11.9. The standard InChI is InChI=1S/C14H18N4O2S/c1-10(19)3-6-18(2)13(20)7-11-9-21-14(17-11)12-8-15-4-5-16-12/h4-5,8-10,19H,3,6-7H2,1-2H3. The molecule has 0 aliphatic heterocycles. The zero-order valence-electron chi connectivity index (χ0n) is 12.1.